The Labute approximate surface area is 138 Å². The van der Waals surface area contributed by atoms with Crippen LogP contribution in [-0.4, -0.2) is 47.6 Å². The average Bonchev–Trinajstić information content (AvgIpc) is 2.62. The molecule has 1 aromatic carbocycles. The first-order chi connectivity index (χ1) is 11.3. The highest BCUT2D eigenvalue weighted by molar-refractivity contribution is 5.55. The lowest BCUT2D eigenvalue weighted by molar-refractivity contribution is 0.258. The normalized spacial score (nSPS) is 15.6. The zero-order valence-electron chi connectivity index (χ0n) is 13.8. The molecule has 2 heterocycles. The van der Waals surface area contributed by atoms with Crippen molar-refractivity contribution in [2.45, 2.75) is 19.9 Å². The maximum absolute atomic E-state index is 4.27. The number of rotatable bonds is 6. The van der Waals surface area contributed by atoms with Gasteiger partial charge in [-0.1, -0.05) is 6.92 Å². The molecule has 0 amide bonds. The number of hydrogen-bond donors (Lipinski definition) is 1. The summed E-state index contributed by atoms with van der Waals surface area (Å²) in [7, 11) is 0. The molecular formula is C18H25N5. The Morgan fingerprint density at radius 1 is 1.04 bits per heavy atom. The summed E-state index contributed by atoms with van der Waals surface area (Å²) in [5.74, 6) is 0. The van der Waals surface area contributed by atoms with Gasteiger partial charge in [0.2, 0.25) is 0 Å². The Balaban J connectivity index is 1.51. The smallest absolute Gasteiger partial charge is 0.0777 e. The summed E-state index contributed by atoms with van der Waals surface area (Å²) in [6.45, 7) is 8.74. The lowest BCUT2D eigenvalue weighted by Gasteiger charge is -2.36. The van der Waals surface area contributed by atoms with Crippen molar-refractivity contribution in [3.8, 4) is 0 Å². The van der Waals surface area contributed by atoms with E-state index in [-0.39, 0.29) is 0 Å². The summed E-state index contributed by atoms with van der Waals surface area (Å²) in [5, 5.41) is 3.39. The molecule has 2 aromatic rings. The number of hydrogen-bond acceptors (Lipinski definition) is 5. The molecule has 5 heteroatoms. The molecule has 0 unspecified atom stereocenters. The zero-order valence-corrected chi connectivity index (χ0v) is 13.8. The highest BCUT2D eigenvalue weighted by atomic mass is 15.3. The second-order valence-electron chi connectivity index (χ2n) is 5.93. The lowest BCUT2D eigenvalue weighted by atomic mass is 10.2. The van der Waals surface area contributed by atoms with Crippen molar-refractivity contribution in [2.24, 2.45) is 0 Å². The monoisotopic (exact) mass is 311 g/mol. The van der Waals surface area contributed by atoms with Crippen LogP contribution in [0.15, 0.2) is 42.9 Å². The topological polar surface area (TPSA) is 44.3 Å². The summed E-state index contributed by atoms with van der Waals surface area (Å²) < 4.78 is 0. The predicted molar refractivity (Wildman–Crippen MR) is 94.7 cm³/mol. The van der Waals surface area contributed by atoms with Crippen LogP contribution in [0.5, 0.6) is 0 Å². The van der Waals surface area contributed by atoms with Crippen molar-refractivity contribution < 1.29 is 0 Å². The van der Waals surface area contributed by atoms with Gasteiger partial charge < -0.3 is 10.2 Å². The molecule has 1 saturated heterocycles. The summed E-state index contributed by atoms with van der Waals surface area (Å²) in [4.78, 5) is 13.4. The average molecular weight is 311 g/mol. The molecule has 0 saturated carbocycles. The van der Waals surface area contributed by atoms with Crippen LogP contribution in [0.2, 0.25) is 0 Å². The van der Waals surface area contributed by atoms with Gasteiger partial charge in [-0.3, -0.25) is 14.9 Å². The predicted octanol–water partition coefficient (Wildman–Crippen LogP) is 2.62. The maximum atomic E-state index is 4.27. The molecule has 0 bridgehead atoms. The van der Waals surface area contributed by atoms with E-state index in [1.54, 1.807) is 18.6 Å². The fourth-order valence-electron chi connectivity index (χ4n) is 2.95. The number of nitrogens with zero attached hydrogens (tertiary/aromatic N) is 4. The molecule has 5 nitrogen and oxygen atoms in total. The van der Waals surface area contributed by atoms with E-state index in [0.29, 0.717) is 6.54 Å². The van der Waals surface area contributed by atoms with E-state index >= 15 is 0 Å². The van der Waals surface area contributed by atoms with Gasteiger partial charge in [0.1, 0.15) is 0 Å². The Morgan fingerprint density at radius 3 is 2.48 bits per heavy atom. The minimum atomic E-state index is 0.697. The van der Waals surface area contributed by atoms with Gasteiger partial charge in [-0.2, -0.15) is 0 Å². The van der Waals surface area contributed by atoms with E-state index < -0.39 is 0 Å². The quantitative estimate of drug-likeness (QED) is 0.888. The standard InChI is InChI=1S/C18H25N5/c1-2-9-22-10-12-23(13-11-22)18-5-3-16(4-6-18)21-15-17-14-19-7-8-20-17/h3-8,14,21H,2,9-13,15H2,1H3. The van der Waals surface area contributed by atoms with Gasteiger partial charge in [-0.05, 0) is 37.2 Å². The fraction of sp³-hybridized carbons (Fsp3) is 0.444. The number of piperazine rings is 1. The van der Waals surface area contributed by atoms with Crippen LogP contribution < -0.4 is 10.2 Å². The molecule has 0 aliphatic carbocycles. The van der Waals surface area contributed by atoms with Crippen LogP contribution >= 0.6 is 0 Å². The summed E-state index contributed by atoms with van der Waals surface area (Å²) >= 11 is 0. The molecule has 3 rings (SSSR count). The van der Waals surface area contributed by atoms with Crippen LogP contribution in [0, 0.1) is 0 Å². The van der Waals surface area contributed by atoms with Gasteiger partial charge in [0.15, 0.2) is 0 Å². The van der Waals surface area contributed by atoms with Crippen LogP contribution in [0.3, 0.4) is 0 Å². The van der Waals surface area contributed by atoms with E-state index in [0.717, 1.165) is 24.5 Å². The molecule has 0 radical (unpaired) electrons. The van der Waals surface area contributed by atoms with Crippen molar-refractivity contribution in [1.29, 1.82) is 0 Å². The van der Waals surface area contributed by atoms with Crippen molar-refractivity contribution in [2.75, 3.05) is 42.9 Å². The molecule has 1 N–H and O–H groups in total. The van der Waals surface area contributed by atoms with Gasteiger partial charge >= 0.3 is 0 Å². The molecule has 1 fully saturated rings. The van der Waals surface area contributed by atoms with Gasteiger partial charge in [0.25, 0.3) is 0 Å². The highest BCUT2D eigenvalue weighted by Gasteiger charge is 2.16. The van der Waals surface area contributed by atoms with Crippen LogP contribution in [0.4, 0.5) is 11.4 Å². The first-order valence-corrected chi connectivity index (χ1v) is 8.41. The lowest BCUT2D eigenvalue weighted by Crippen LogP contribution is -2.46. The van der Waals surface area contributed by atoms with Crippen molar-refractivity contribution >= 4 is 11.4 Å². The number of aromatic nitrogens is 2. The maximum Gasteiger partial charge on any atom is 0.0777 e. The zero-order chi connectivity index (χ0) is 15.9. The van der Waals surface area contributed by atoms with Gasteiger partial charge in [0, 0.05) is 49.9 Å². The molecule has 0 spiro atoms. The summed E-state index contributed by atoms with van der Waals surface area (Å²) in [6.07, 6.45) is 6.44. The molecule has 0 atom stereocenters. The Kier molecular flexibility index (Phi) is 5.42. The molecule has 122 valence electrons. The molecule has 1 aliphatic rings. The first-order valence-electron chi connectivity index (χ1n) is 8.41. The van der Waals surface area contributed by atoms with Crippen molar-refractivity contribution in [1.82, 2.24) is 14.9 Å². The summed E-state index contributed by atoms with van der Waals surface area (Å²) in [6, 6.07) is 8.69. The third-order valence-corrected chi connectivity index (χ3v) is 4.23. The molecule has 1 aromatic heterocycles. The van der Waals surface area contributed by atoms with Gasteiger partial charge in [-0.15, -0.1) is 0 Å². The largest absolute Gasteiger partial charge is 0.379 e. The Morgan fingerprint density at radius 2 is 1.83 bits per heavy atom. The summed E-state index contributed by atoms with van der Waals surface area (Å²) in [5.41, 5.74) is 3.37. The van der Waals surface area contributed by atoms with Gasteiger partial charge in [0.05, 0.1) is 18.4 Å². The number of anilines is 2. The van der Waals surface area contributed by atoms with E-state index in [2.05, 4.69) is 56.3 Å². The van der Waals surface area contributed by atoms with Crippen LogP contribution in [-0.2, 0) is 6.54 Å². The molecular weight excluding hydrogens is 286 g/mol. The van der Waals surface area contributed by atoms with E-state index in [1.807, 2.05) is 0 Å². The number of benzene rings is 1. The highest BCUT2D eigenvalue weighted by Crippen LogP contribution is 2.19. The van der Waals surface area contributed by atoms with E-state index in [4.69, 9.17) is 0 Å². The minimum Gasteiger partial charge on any atom is -0.379 e. The van der Waals surface area contributed by atoms with Crippen LogP contribution in [0.25, 0.3) is 0 Å². The SMILES string of the molecule is CCCN1CCN(c2ccc(NCc3cnccn3)cc2)CC1. The Hall–Kier alpha value is -2.14. The first kappa shape index (κ1) is 15.7. The second-order valence-corrected chi connectivity index (χ2v) is 5.93. The molecule has 23 heavy (non-hydrogen) atoms. The van der Waals surface area contributed by atoms with Crippen molar-refractivity contribution in [3.63, 3.8) is 0 Å². The number of nitrogens with one attached hydrogen (secondary N) is 1. The fourth-order valence-corrected chi connectivity index (χ4v) is 2.95. The third kappa shape index (κ3) is 4.42. The van der Waals surface area contributed by atoms with Gasteiger partial charge in [-0.25, -0.2) is 0 Å². The van der Waals surface area contributed by atoms with E-state index in [9.17, 15) is 0 Å². The van der Waals surface area contributed by atoms with Crippen molar-refractivity contribution in [3.05, 3.63) is 48.5 Å². The third-order valence-electron chi connectivity index (χ3n) is 4.23. The van der Waals surface area contributed by atoms with Crippen LogP contribution in [0.1, 0.15) is 19.0 Å². The van der Waals surface area contributed by atoms with E-state index in [1.165, 1.54) is 31.7 Å². The second kappa shape index (κ2) is 7.92. The molecule has 1 aliphatic heterocycles. The Bertz CT molecular complexity index is 576. The minimum absolute atomic E-state index is 0.697.